The van der Waals surface area contributed by atoms with Crippen molar-refractivity contribution >= 4 is 25.1 Å². The summed E-state index contributed by atoms with van der Waals surface area (Å²) in [6.45, 7) is 7.35. The third kappa shape index (κ3) is 4.19. The molecule has 1 aliphatic rings. The zero-order valence-electron chi connectivity index (χ0n) is 15.2. The molecule has 1 aliphatic heterocycles. The average Bonchev–Trinajstić information content (AvgIpc) is 2.59. The molecule has 7 heteroatoms. The van der Waals surface area contributed by atoms with Crippen LogP contribution < -0.4 is 0 Å². The summed E-state index contributed by atoms with van der Waals surface area (Å²) in [5, 5.41) is 17.9. The predicted octanol–water partition coefficient (Wildman–Crippen LogP) is 3.86. The smallest absolute Gasteiger partial charge is 0.407 e. The average molecular weight is 371 g/mol. The van der Waals surface area contributed by atoms with Crippen molar-refractivity contribution in [2.24, 2.45) is 0 Å². The van der Waals surface area contributed by atoms with Crippen molar-refractivity contribution in [2.75, 3.05) is 13.1 Å². The Bertz CT molecular complexity index is 907. The van der Waals surface area contributed by atoms with E-state index in [2.05, 4.69) is 41.3 Å². The zero-order valence-corrected chi connectivity index (χ0v) is 16.2. The van der Waals surface area contributed by atoms with E-state index in [0.717, 1.165) is 5.69 Å². The summed E-state index contributed by atoms with van der Waals surface area (Å²) < 4.78 is 14.6. The first-order chi connectivity index (χ1) is 12.2. The van der Waals surface area contributed by atoms with Crippen LogP contribution in [0.5, 0.6) is 0 Å². The Labute approximate surface area is 153 Å². The number of carbonyl (C=O) groups is 1. The van der Waals surface area contributed by atoms with E-state index in [9.17, 15) is 9.18 Å². The number of rotatable bonds is 1. The van der Waals surface area contributed by atoms with Crippen LogP contribution in [0.2, 0.25) is 19.6 Å². The Balaban J connectivity index is 1.86. The predicted molar refractivity (Wildman–Crippen MR) is 101 cm³/mol. The van der Waals surface area contributed by atoms with Gasteiger partial charge in [-0.15, -0.1) is 5.54 Å². The molecule has 2 aromatic rings. The molecule has 0 spiro atoms. The van der Waals surface area contributed by atoms with Crippen molar-refractivity contribution < 1.29 is 14.3 Å². The Morgan fingerprint density at radius 1 is 1.23 bits per heavy atom. The zero-order chi connectivity index (χ0) is 18.9. The van der Waals surface area contributed by atoms with E-state index in [1.54, 1.807) is 12.1 Å². The number of benzene rings is 1. The molecule has 0 radical (unpaired) electrons. The van der Waals surface area contributed by atoms with E-state index in [1.807, 2.05) is 0 Å². The monoisotopic (exact) mass is 371 g/mol. The van der Waals surface area contributed by atoms with Gasteiger partial charge in [0.15, 0.2) is 0 Å². The fourth-order valence-electron chi connectivity index (χ4n) is 3.02. The largest absolute Gasteiger partial charge is 0.465 e. The van der Waals surface area contributed by atoms with Crippen molar-refractivity contribution in [3.63, 3.8) is 0 Å². The van der Waals surface area contributed by atoms with Crippen LogP contribution in [0.15, 0.2) is 18.2 Å². The van der Waals surface area contributed by atoms with Gasteiger partial charge in [0.1, 0.15) is 13.9 Å². The van der Waals surface area contributed by atoms with Gasteiger partial charge in [-0.25, -0.2) is 9.18 Å². The van der Waals surface area contributed by atoms with Gasteiger partial charge in [-0.2, -0.15) is 10.2 Å². The number of fused-ring (bicyclic) bond motifs is 1. The van der Waals surface area contributed by atoms with Crippen LogP contribution in [0.3, 0.4) is 0 Å². The van der Waals surface area contributed by atoms with Crippen LogP contribution in [0.4, 0.5) is 9.18 Å². The molecule has 26 heavy (non-hydrogen) atoms. The Morgan fingerprint density at radius 2 is 1.92 bits per heavy atom. The molecule has 0 bridgehead atoms. The second-order valence-electron chi connectivity index (χ2n) is 7.70. The summed E-state index contributed by atoms with van der Waals surface area (Å²) in [7, 11) is -1.54. The van der Waals surface area contributed by atoms with Gasteiger partial charge in [-0.05, 0) is 31.0 Å². The summed E-state index contributed by atoms with van der Waals surface area (Å²) in [5.74, 6) is 2.81. The second kappa shape index (κ2) is 7.04. The topological polar surface area (TPSA) is 66.3 Å². The maximum absolute atomic E-state index is 14.6. The van der Waals surface area contributed by atoms with Crippen LogP contribution in [-0.2, 0) is 0 Å². The van der Waals surface area contributed by atoms with Crippen LogP contribution in [-0.4, -0.2) is 47.5 Å². The van der Waals surface area contributed by atoms with E-state index in [4.69, 9.17) is 5.11 Å². The molecule has 1 amide bonds. The second-order valence-corrected chi connectivity index (χ2v) is 12.5. The number of hydrogen-bond acceptors (Lipinski definition) is 3. The van der Waals surface area contributed by atoms with Crippen molar-refractivity contribution in [1.29, 1.82) is 0 Å². The molecular formula is C19H22FN3O2Si. The first-order valence-electron chi connectivity index (χ1n) is 8.71. The lowest BCUT2D eigenvalue weighted by Gasteiger charge is -2.29. The molecule has 2 heterocycles. The Kier molecular flexibility index (Phi) is 4.96. The summed E-state index contributed by atoms with van der Waals surface area (Å²) in [5.41, 5.74) is 5.07. The molecule has 1 saturated heterocycles. The first kappa shape index (κ1) is 18.3. The highest BCUT2D eigenvalue weighted by molar-refractivity contribution is 6.83. The highest BCUT2D eigenvalue weighted by Crippen LogP contribution is 2.29. The van der Waals surface area contributed by atoms with E-state index in [0.29, 0.717) is 42.4 Å². The molecular weight excluding hydrogens is 349 g/mol. The van der Waals surface area contributed by atoms with Gasteiger partial charge >= 0.3 is 6.09 Å². The van der Waals surface area contributed by atoms with Crippen LogP contribution >= 0.6 is 0 Å². The van der Waals surface area contributed by atoms with Gasteiger partial charge in [0.25, 0.3) is 0 Å². The maximum Gasteiger partial charge on any atom is 0.407 e. The van der Waals surface area contributed by atoms with Gasteiger partial charge in [-0.1, -0.05) is 25.6 Å². The fourth-order valence-corrected chi connectivity index (χ4v) is 3.53. The summed E-state index contributed by atoms with van der Waals surface area (Å²) in [4.78, 5) is 12.4. The summed E-state index contributed by atoms with van der Waals surface area (Å²) in [6, 6.07) is 4.97. The molecule has 3 rings (SSSR count). The minimum absolute atomic E-state index is 0.105. The Morgan fingerprint density at radius 3 is 2.54 bits per heavy atom. The SMILES string of the molecule is C[Si](C)(C)C#Cc1cc(F)c2cc(C3CCN(C(=O)O)CC3)nnc2c1. The normalized spacial score (nSPS) is 15.6. The summed E-state index contributed by atoms with van der Waals surface area (Å²) >= 11 is 0. The van der Waals surface area contributed by atoms with E-state index < -0.39 is 14.2 Å². The maximum atomic E-state index is 14.6. The highest BCUT2D eigenvalue weighted by Gasteiger charge is 2.25. The number of nitrogens with zero attached hydrogens (tertiary/aromatic N) is 3. The van der Waals surface area contributed by atoms with Gasteiger partial charge in [0.05, 0.1) is 11.2 Å². The number of hydrogen-bond donors (Lipinski definition) is 1. The number of piperidine rings is 1. The van der Waals surface area contributed by atoms with Crippen LogP contribution in [0.1, 0.15) is 30.0 Å². The van der Waals surface area contributed by atoms with Crippen molar-refractivity contribution in [3.8, 4) is 11.5 Å². The summed E-state index contributed by atoms with van der Waals surface area (Å²) in [6.07, 6.45) is 0.452. The molecule has 0 aliphatic carbocycles. The van der Waals surface area contributed by atoms with Crippen molar-refractivity contribution in [2.45, 2.75) is 38.4 Å². The van der Waals surface area contributed by atoms with E-state index >= 15 is 0 Å². The number of amides is 1. The molecule has 1 aromatic carbocycles. The van der Waals surface area contributed by atoms with Crippen LogP contribution in [0, 0.1) is 17.3 Å². The molecule has 1 aromatic heterocycles. The highest BCUT2D eigenvalue weighted by atomic mass is 28.3. The van der Waals surface area contributed by atoms with E-state index in [-0.39, 0.29) is 11.7 Å². The molecule has 1 N–H and O–H groups in total. The lowest BCUT2D eigenvalue weighted by Crippen LogP contribution is -2.37. The third-order valence-corrected chi connectivity index (χ3v) is 5.31. The number of aromatic nitrogens is 2. The molecule has 0 saturated carbocycles. The standard InChI is InChI=1S/C19H22FN3O2Si/c1-26(2,3)9-6-13-10-16(20)15-12-17(21-22-18(15)11-13)14-4-7-23(8-5-14)19(24)25/h10-12,14H,4-5,7-8H2,1-3H3,(H,24,25). The lowest BCUT2D eigenvalue weighted by molar-refractivity contribution is 0.131. The molecule has 5 nitrogen and oxygen atoms in total. The van der Waals surface area contributed by atoms with Gasteiger partial charge < -0.3 is 10.0 Å². The van der Waals surface area contributed by atoms with Crippen molar-refractivity contribution in [1.82, 2.24) is 15.1 Å². The van der Waals surface area contributed by atoms with Gasteiger partial charge in [0, 0.05) is 30.0 Å². The minimum Gasteiger partial charge on any atom is -0.465 e. The fraction of sp³-hybridized carbons (Fsp3) is 0.421. The third-order valence-electron chi connectivity index (χ3n) is 4.44. The Hall–Kier alpha value is -2.46. The molecule has 0 atom stereocenters. The first-order valence-corrected chi connectivity index (χ1v) is 12.2. The minimum atomic E-state index is -1.54. The number of likely N-dealkylation sites (tertiary alicyclic amines) is 1. The van der Waals surface area contributed by atoms with Gasteiger partial charge in [0.2, 0.25) is 0 Å². The lowest BCUT2D eigenvalue weighted by atomic mass is 9.93. The van der Waals surface area contributed by atoms with Crippen molar-refractivity contribution in [3.05, 3.63) is 35.3 Å². The molecule has 1 fully saturated rings. The van der Waals surface area contributed by atoms with E-state index in [1.165, 1.54) is 11.0 Å². The van der Waals surface area contributed by atoms with Gasteiger partial charge in [-0.3, -0.25) is 0 Å². The molecule has 0 unspecified atom stereocenters. The number of carboxylic acid groups (broad SMARTS) is 1. The molecule has 136 valence electrons. The number of halogens is 1. The van der Waals surface area contributed by atoms with Crippen LogP contribution in [0.25, 0.3) is 10.9 Å². The quantitative estimate of drug-likeness (QED) is 0.611.